The van der Waals surface area contributed by atoms with Gasteiger partial charge in [0.1, 0.15) is 5.82 Å². The fraction of sp³-hybridized carbons (Fsp3) is 0.333. The molecule has 0 spiro atoms. The van der Waals surface area contributed by atoms with Crippen molar-refractivity contribution in [2.75, 3.05) is 23.3 Å². The molecule has 1 N–H and O–H groups in total. The van der Waals surface area contributed by atoms with E-state index in [-0.39, 0.29) is 23.8 Å². The predicted octanol–water partition coefficient (Wildman–Crippen LogP) is 3.88. The highest BCUT2D eigenvalue weighted by molar-refractivity contribution is 5.69. The fourth-order valence-electron chi connectivity index (χ4n) is 3.50. The van der Waals surface area contributed by atoms with Crippen LogP contribution in [0.15, 0.2) is 36.5 Å². The molecule has 3 heterocycles. The quantitative estimate of drug-likeness (QED) is 0.697. The number of ether oxygens (including phenoxy) is 1. The van der Waals surface area contributed by atoms with Crippen molar-refractivity contribution in [2.24, 2.45) is 0 Å². The smallest absolute Gasteiger partial charge is 0.227 e. The van der Waals surface area contributed by atoms with Crippen LogP contribution in [0.3, 0.4) is 0 Å². The third-order valence-electron chi connectivity index (χ3n) is 4.81. The SMILES string of the molecule is Cc1nnc(Nc2nc(N3C[C@@H](C)O[C@@H](C)C3)ncc2F)cc1-c1ccc(F)cc1. The Kier molecular flexibility index (Phi) is 5.54. The van der Waals surface area contributed by atoms with E-state index in [1.807, 2.05) is 18.7 Å². The summed E-state index contributed by atoms with van der Waals surface area (Å²) in [4.78, 5) is 10.5. The number of aryl methyl sites for hydroxylation is 1. The van der Waals surface area contributed by atoms with Crippen LogP contribution in [0.2, 0.25) is 0 Å². The average molecular weight is 412 g/mol. The lowest BCUT2D eigenvalue weighted by atomic mass is 10.1. The maximum absolute atomic E-state index is 14.4. The van der Waals surface area contributed by atoms with E-state index >= 15 is 0 Å². The Labute approximate surface area is 173 Å². The maximum Gasteiger partial charge on any atom is 0.227 e. The molecule has 156 valence electrons. The molecule has 1 fully saturated rings. The molecular formula is C21H22F2N6O. The third kappa shape index (κ3) is 4.35. The number of halogens is 2. The van der Waals surface area contributed by atoms with Gasteiger partial charge in [0.15, 0.2) is 17.5 Å². The second kappa shape index (κ2) is 8.27. The van der Waals surface area contributed by atoms with Crippen molar-refractivity contribution in [1.29, 1.82) is 0 Å². The highest BCUT2D eigenvalue weighted by Crippen LogP contribution is 2.26. The van der Waals surface area contributed by atoms with E-state index in [4.69, 9.17) is 4.74 Å². The molecule has 0 unspecified atom stereocenters. The molecule has 7 nitrogen and oxygen atoms in total. The van der Waals surface area contributed by atoms with Crippen molar-refractivity contribution in [3.63, 3.8) is 0 Å². The minimum Gasteiger partial charge on any atom is -0.372 e. The van der Waals surface area contributed by atoms with Crippen molar-refractivity contribution in [2.45, 2.75) is 33.0 Å². The van der Waals surface area contributed by atoms with Gasteiger partial charge in [-0.3, -0.25) is 0 Å². The summed E-state index contributed by atoms with van der Waals surface area (Å²) in [5.74, 6) is -0.167. The molecule has 0 bridgehead atoms. The van der Waals surface area contributed by atoms with Crippen LogP contribution >= 0.6 is 0 Å². The Bertz CT molecular complexity index is 1040. The van der Waals surface area contributed by atoms with Crippen LogP contribution in [0.1, 0.15) is 19.5 Å². The number of morpholine rings is 1. The van der Waals surface area contributed by atoms with Crippen molar-refractivity contribution in [3.8, 4) is 11.1 Å². The number of aromatic nitrogens is 4. The third-order valence-corrected chi connectivity index (χ3v) is 4.81. The zero-order valence-corrected chi connectivity index (χ0v) is 16.9. The normalized spacial score (nSPS) is 19.0. The van der Waals surface area contributed by atoms with E-state index in [0.29, 0.717) is 30.5 Å². The minimum atomic E-state index is -0.598. The van der Waals surface area contributed by atoms with Gasteiger partial charge in [0.05, 0.1) is 24.1 Å². The van der Waals surface area contributed by atoms with Crippen molar-refractivity contribution < 1.29 is 13.5 Å². The first-order chi connectivity index (χ1) is 14.4. The lowest BCUT2D eigenvalue weighted by Crippen LogP contribution is -2.46. The second-order valence-electron chi connectivity index (χ2n) is 7.39. The molecule has 0 aliphatic carbocycles. The fourth-order valence-corrected chi connectivity index (χ4v) is 3.50. The monoisotopic (exact) mass is 412 g/mol. The van der Waals surface area contributed by atoms with E-state index in [2.05, 4.69) is 25.5 Å². The Hall–Kier alpha value is -3.20. The van der Waals surface area contributed by atoms with E-state index < -0.39 is 5.82 Å². The Balaban J connectivity index is 1.61. The molecule has 2 aromatic heterocycles. The molecule has 0 saturated carbocycles. The molecule has 9 heteroatoms. The Morgan fingerprint density at radius 3 is 2.47 bits per heavy atom. The van der Waals surface area contributed by atoms with E-state index in [1.165, 1.54) is 12.1 Å². The summed E-state index contributed by atoms with van der Waals surface area (Å²) in [5, 5.41) is 11.1. The lowest BCUT2D eigenvalue weighted by molar-refractivity contribution is -0.00572. The largest absolute Gasteiger partial charge is 0.372 e. The lowest BCUT2D eigenvalue weighted by Gasteiger charge is -2.35. The molecular weight excluding hydrogens is 390 g/mol. The first kappa shape index (κ1) is 20.1. The Morgan fingerprint density at radius 2 is 1.77 bits per heavy atom. The zero-order chi connectivity index (χ0) is 21.3. The minimum absolute atomic E-state index is 0.00927. The predicted molar refractivity (Wildman–Crippen MR) is 110 cm³/mol. The molecule has 1 aromatic carbocycles. The number of anilines is 3. The molecule has 30 heavy (non-hydrogen) atoms. The van der Waals surface area contributed by atoms with Crippen LogP contribution in [-0.4, -0.2) is 45.5 Å². The van der Waals surface area contributed by atoms with Crippen LogP contribution in [0, 0.1) is 18.6 Å². The molecule has 1 saturated heterocycles. The maximum atomic E-state index is 14.4. The zero-order valence-electron chi connectivity index (χ0n) is 16.9. The van der Waals surface area contributed by atoms with Crippen LogP contribution in [-0.2, 0) is 4.74 Å². The standard InChI is InChI=1S/C21H22F2N6O/c1-12-10-29(11-13(2)30-12)21-24-9-18(23)20(26-21)25-19-8-17(14(3)27-28-19)15-4-6-16(22)7-5-15/h4-9,12-13H,10-11H2,1-3H3,(H,24,25,26,28)/t12-,13+. The first-order valence-electron chi connectivity index (χ1n) is 9.69. The van der Waals surface area contributed by atoms with Crippen molar-refractivity contribution in [1.82, 2.24) is 20.2 Å². The average Bonchev–Trinajstić information content (AvgIpc) is 2.71. The molecule has 4 rings (SSSR count). The number of rotatable bonds is 4. The van der Waals surface area contributed by atoms with Crippen LogP contribution in [0.5, 0.6) is 0 Å². The van der Waals surface area contributed by atoms with Gasteiger partial charge in [0.25, 0.3) is 0 Å². The highest BCUT2D eigenvalue weighted by Gasteiger charge is 2.25. The van der Waals surface area contributed by atoms with Gasteiger partial charge in [0.2, 0.25) is 5.95 Å². The number of hydrogen-bond acceptors (Lipinski definition) is 7. The summed E-state index contributed by atoms with van der Waals surface area (Å²) in [5.41, 5.74) is 2.22. The Morgan fingerprint density at radius 1 is 1.07 bits per heavy atom. The molecule has 3 aromatic rings. The first-order valence-corrected chi connectivity index (χ1v) is 9.69. The van der Waals surface area contributed by atoms with Crippen molar-refractivity contribution >= 4 is 17.6 Å². The van der Waals surface area contributed by atoms with Gasteiger partial charge in [-0.05, 0) is 44.5 Å². The van der Waals surface area contributed by atoms with E-state index in [0.717, 1.165) is 17.3 Å². The summed E-state index contributed by atoms with van der Waals surface area (Å²) >= 11 is 0. The summed E-state index contributed by atoms with van der Waals surface area (Å²) in [6.45, 7) is 7.00. The summed E-state index contributed by atoms with van der Waals surface area (Å²) < 4.78 is 33.4. The molecule has 1 aliphatic heterocycles. The van der Waals surface area contributed by atoms with Gasteiger partial charge in [-0.15, -0.1) is 5.10 Å². The number of nitrogens with zero attached hydrogens (tertiary/aromatic N) is 5. The van der Waals surface area contributed by atoms with Gasteiger partial charge < -0.3 is 15.0 Å². The van der Waals surface area contributed by atoms with E-state index in [9.17, 15) is 8.78 Å². The number of hydrogen-bond donors (Lipinski definition) is 1. The number of benzene rings is 1. The summed E-state index contributed by atoms with van der Waals surface area (Å²) in [6.07, 6.45) is 1.19. The molecule has 2 atom stereocenters. The van der Waals surface area contributed by atoms with Crippen LogP contribution in [0.25, 0.3) is 11.1 Å². The molecule has 0 radical (unpaired) electrons. The molecule has 0 amide bonds. The van der Waals surface area contributed by atoms with Gasteiger partial charge in [-0.1, -0.05) is 12.1 Å². The topological polar surface area (TPSA) is 76.1 Å². The highest BCUT2D eigenvalue weighted by atomic mass is 19.1. The van der Waals surface area contributed by atoms with E-state index in [1.54, 1.807) is 25.1 Å². The van der Waals surface area contributed by atoms with Crippen LogP contribution in [0.4, 0.5) is 26.4 Å². The van der Waals surface area contributed by atoms with Gasteiger partial charge in [-0.25, -0.2) is 13.8 Å². The van der Waals surface area contributed by atoms with Crippen molar-refractivity contribution in [3.05, 3.63) is 53.9 Å². The molecule has 1 aliphatic rings. The summed E-state index contributed by atoms with van der Waals surface area (Å²) in [7, 11) is 0. The number of nitrogens with one attached hydrogen (secondary N) is 1. The van der Waals surface area contributed by atoms with Gasteiger partial charge in [0, 0.05) is 18.7 Å². The van der Waals surface area contributed by atoms with Crippen LogP contribution < -0.4 is 10.2 Å². The van der Waals surface area contributed by atoms with Gasteiger partial charge >= 0.3 is 0 Å². The van der Waals surface area contributed by atoms with Gasteiger partial charge in [-0.2, -0.15) is 10.1 Å². The second-order valence-corrected chi connectivity index (χ2v) is 7.39. The summed E-state index contributed by atoms with van der Waals surface area (Å²) in [6, 6.07) is 7.81.